The molecule has 1 rings (SSSR count). The van der Waals surface area contributed by atoms with Gasteiger partial charge in [0.1, 0.15) is 6.61 Å². The monoisotopic (exact) mass is 283 g/mol. The van der Waals surface area contributed by atoms with Crippen LogP contribution < -0.4 is 5.32 Å². The molecule has 1 aromatic carbocycles. The Morgan fingerprint density at radius 3 is 2.68 bits per heavy atom. The lowest BCUT2D eigenvalue weighted by molar-refractivity contribution is -0.140. The molecule has 1 atom stereocenters. The average molecular weight is 283 g/mol. The van der Waals surface area contributed by atoms with Crippen molar-refractivity contribution in [2.75, 3.05) is 11.6 Å². The molecule has 0 aliphatic rings. The van der Waals surface area contributed by atoms with E-state index < -0.39 is 18.0 Å². The van der Waals surface area contributed by atoms with Crippen molar-refractivity contribution in [3.63, 3.8) is 0 Å². The first-order valence-corrected chi connectivity index (χ1v) is 7.00. The van der Waals surface area contributed by atoms with Crippen LogP contribution in [0.3, 0.4) is 0 Å². The van der Waals surface area contributed by atoms with Crippen LogP contribution in [0.4, 0.5) is 4.79 Å². The summed E-state index contributed by atoms with van der Waals surface area (Å²) in [5.74, 6) is -0.467. The Bertz CT molecular complexity index is 410. The molecule has 0 saturated heterocycles. The van der Waals surface area contributed by atoms with Crippen molar-refractivity contribution in [2.24, 2.45) is 5.92 Å². The van der Waals surface area contributed by atoms with Gasteiger partial charge in [-0.3, -0.25) is 4.79 Å². The zero-order valence-corrected chi connectivity index (χ0v) is 11.5. The zero-order valence-electron chi connectivity index (χ0n) is 10.7. The molecule has 6 heteroatoms. The van der Waals surface area contributed by atoms with Gasteiger partial charge in [-0.05, 0) is 5.56 Å². The second kappa shape index (κ2) is 8.42. The summed E-state index contributed by atoms with van der Waals surface area (Å²) < 4.78 is 5.00. The largest absolute Gasteiger partial charge is 0.481 e. The summed E-state index contributed by atoms with van der Waals surface area (Å²) >= 11 is 1.35. The minimum atomic E-state index is -0.834. The lowest BCUT2D eigenvalue weighted by atomic mass is 10.2. The number of carboxylic acid groups (broad SMARTS) is 1. The number of benzene rings is 1. The fourth-order valence-electron chi connectivity index (χ4n) is 1.19. The lowest BCUT2D eigenvalue weighted by Crippen LogP contribution is -2.24. The van der Waals surface area contributed by atoms with Crippen molar-refractivity contribution in [2.45, 2.75) is 13.5 Å². The molecule has 0 spiro atoms. The molecular formula is C13H17NO4S. The van der Waals surface area contributed by atoms with Crippen LogP contribution >= 0.6 is 11.8 Å². The molecule has 1 unspecified atom stereocenters. The molecule has 0 fully saturated rings. The molecule has 0 saturated carbocycles. The summed E-state index contributed by atoms with van der Waals surface area (Å²) in [7, 11) is 0. The number of nitrogens with one attached hydrogen (secondary N) is 1. The molecule has 104 valence electrons. The minimum absolute atomic E-state index is 0.225. The van der Waals surface area contributed by atoms with Crippen molar-refractivity contribution in [1.82, 2.24) is 5.32 Å². The number of amides is 1. The Balaban J connectivity index is 2.10. The number of alkyl carbamates (subject to hydrolysis) is 1. The van der Waals surface area contributed by atoms with Crippen molar-refractivity contribution in [1.29, 1.82) is 0 Å². The van der Waals surface area contributed by atoms with Gasteiger partial charge in [-0.2, -0.15) is 0 Å². The Hall–Kier alpha value is -1.69. The van der Waals surface area contributed by atoms with Crippen LogP contribution in [-0.2, 0) is 16.1 Å². The van der Waals surface area contributed by atoms with E-state index in [0.29, 0.717) is 11.6 Å². The van der Waals surface area contributed by atoms with Gasteiger partial charge in [-0.25, -0.2) is 4.79 Å². The molecule has 0 heterocycles. The number of rotatable bonds is 7. The Morgan fingerprint density at radius 2 is 2.05 bits per heavy atom. The number of carbonyl (C=O) groups excluding carboxylic acids is 1. The van der Waals surface area contributed by atoms with E-state index in [1.54, 1.807) is 6.92 Å². The van der Waals surface area contributed by atoms with Crippen LogP contribution in [0.5, 0.6) is 0 Å². The topological polar surface area (TPSA) is 75.6 Å². The number of hydrogen-bond acceptors (Lipinski definition) is 4. The predicted octanol–water partition coefficient (Wildman–Crippen LogP) is 2.32. The summed E-state index contributed by atoms with van der Waals surface area (Å²) in [6, 6.07) is 9.39. The molecule has 1 aromatic rings. The van der Waals surface area contributed by atoms with Crippen molar-refractivity contribution in [3.05, 3.63) is 35.9 Å². The van der Waals surface area contributed by atoms with Crippen LogP contribution in [0, 0.1) is 5.92 Å². The summed E-state index contributed by atoms with van der Waals surface area (Å²) in [6.45, 7) is 1.85. The quantitative estimate of drug-likeness (QED) is 0.593. The standard InChI is InChI=1S/C13H17NO4S/c1-10(12(15)16)8-19-9-14-13(17)18-7-11-5-3-2-4-6-11/h2-6,10H,7-9H2,1H3,(H,14,17)(H,15,16). The van der Waals surface area contributed by atoms with E-state index in [0.717, 1.165) is 5.56 Å². The highest BCUT2D eigenvalue weighted by Gasteiger charge is 2.10. The van der Waals surface area contributed by atoms with E-state index in [1.165, 1.54) is 11.8 Å². The van der Waals surface area contributed by atoms with E-state index in [1.807, 2.05) is 30.3 Å². The highest BCUT2D eigenvalue weighted by Crippen LogP contribution is 2.07. The molecule has 0 aliphatic heterocycles. The van der Waals surface area contributed by atoms with Gasteiger partial charge in [-0.15, -0.1) is 11.8 Å². The third kappa shape index (κ3) is 6.71. The van der Waals surface area contributed by atoms with Gasteiger partial charge in [0, 0.05) is 5.75 Å². The van der Waals surface area contributed by atoms with Gasteiger partial charge in [0.05, 0.1) is 11.8 Å². The third-order valence-corrected chi connectivity index (χ3v) is 3.40. The van der Waals surface area contributed by atoms with Crippen LogP contribution in [0.2, 0.25) is 0 Å². The fraction of sp³-hybridized carbons (Fsp3) is 0.385. The number of carbonyl (C=O) groups is 2. The Kier molecular flexibility index (Phi) is 6.81. The van der Waals surface area contributed by atoms with Crippen molar-refractivity contribution < 1.29 is 19.4 Å². The van der Waals surface area contributed by atoms with E-state index in [-0.39, 0.29) is 6.61 Å². The zero-order chi connectivity index (χ0) is 14.1. The maximum Gasteiger partial charge on any atom is 0.408 e. The second-order valence-electron chi connectivity index (χ2n) is 3.99. The van der Waals surface area contributed by atoms with Crippen molar-refractivity contribution >= 4 is 23.8 Å². The first-order valence-electron chi connectivity index (χ1n) is 5.84. The van der Waals surface area contributed by atoms with Gasteiger partial charge >= 0.3 is 12.1 Å². The lowest BCUT2D eigenvalue weighted by Gasteiger charge is -2.08. The van der Waals surface area contributed by atoms with Gasteiger partial charge in [0.15, 0.2) is 0 Å². The molecule has 19 heavy (non-hydrogen) atoms. The van der Waals surface area contributed by atoms with Crippen LogP contribution in [0.1, 0.15) is 12.5 Å². The van der Waals surface area contributed by atoms with Crippen LogP contribution in [0.25, 0.3) is 0 Å². The van der Waals surface area contributed by atoms with E-state index in [9.17, 15) is 9.59 Å². The number of aliphatic carboxylic acids is 1. The van der Waals surface area contributed by atoms with Gasteiger partial charge < -0.3 is 15.2 Å². The smallest absolute Gasteiger partial charge is 0.408 e. The average Bonchev–Trinajstić information content (AvgIpc) is 2.42. The molecule has 1 amide bonds. The molecule has 0 bridgehead atoms. The summed E-state index contributed by atoms with van der Waals surface area (Å²) in [4.78, 5) is 21.9. The van der Waals surface area contributed by atoms with Gasteiger partial charge in [-0.1, -0.05) is 37.3 Å². The van der Waals surface area contributed by atoms with Crippen LogP contribution in [-0.4, -0.2) is 28.8 Å². The summed E-state index contributed by atoms with van der Waals surface area (Å²) in [5.41, 5.74) is 0.921. The van der Waals surface area contributed by atoms with E-state index in [2.05, 4.69) is 5.32 Å². The maximum absolute atomic E-state index is 11.3. The normalized spacial score (nSPS) is 11.6. The first-order chi connectivity index (χ1) is 9.09. The SMILES string of the molecule is CC(CSCNC(=O)OCc1ccccc1)C(=O)O. The molecule has 0 radical (unpaired) electrons. The van der Waals surface area contributed by atoms with Crippen LogP contribution in [0.15, 0.2) is 30.3 Å². The Labute approximate surface area is 116 Å². The molecule has 2 N–H and O–H groups in total. The summed E-state index contributed by atoms with van der Waals surface area (Å²) in [5, 5.41) is 11.2. The first kappa shape index (κ1) is 15.4. The van der Waals surface area contributed by atoms with E-state index in [4.69, 9.17) is 9.84 Å². The van der Waals surface area contributed by atoms with Gasteiger partial charge in [0.2, 0.25) is 0 Å². The Morgan fingerprint density at radius 1 is 1.37 bits per heavy atom. The van der Waals surface area contributed by atoms with Gasteiger partial charge in [0.25, 0.3) is 0 Å². The molecule has 0 aliphatic carbocycles. The minimum Gasteiger partial charge on any atom is -0.481 e. The number of carboxylic acids is 1. The third-order valence-electron chi connectivity index (χ3n) is 2.32. The molecule has 0 aromatic heterocycles. The molecular weight excluding hydrogens is 266 g/mol. The number of hydrogen-bond donors (Lipinski definition) is 2. The summed E-state index contributed by atoms with van der Waals surface area (Å²) in [6.07, 6.45) is -0.501. The van der Waals surface area contributed by atoms with Crippen molar-refractivity contribution in [3.8, 4) is 0 Å². The number of thioether (sulfide) groups is 1. The highest BCUT2D eigenvalue weighted by atomic mass is 32.2. The predicted molar refractivity (Wildman–Crippen MR) is 73.9 cm³/mol. The maximum atomic E-state index is 11.3. The highest BCUT2D eigenvalue weighted by molar-refractivity contribution is 7.99. The number of ether oxygens (including phenoxy) is 1. The second-order valence-corrected chi connectivity index (χ2v) is 5.02. The molecule has 5 nitrogen and oxygen atoms in total. The fourth-order valence-corrected chi connectivity index (χ4v) is 2.02. The van der Waals surface area contributed by atoms with E-state index >= 15 is 0 Å².